The van der Waals surface area contributed by atoms with Crippen LogP contribution in [-0.2, 0) is 6.54 Å². The van der Waals surface area contributed by atoms with Gasteiger partial charge in [-0.2, -0.15) is 0 Å². The van der Waals surface area contributed by atoms with Crippen LogP contribution in [0.3, 0.4) is 0 Å². The van der Waals surface area contributed by atoms with Crippen LogP contribution in [0.5, 0.6) is 0 Å². The summed E-state index contributed by atoms with van der Waals surface area (Å²) in [5.41, 5.74) is 7.45. The zero-order chi connectivity index (χ0) is 15.0. The van der Waals surface area contributed by atoms with Crippen molar-refractivity contribution in [2.75, 3.05) is 19.6 Å². The Morgan fingerprint density at radius 2 is 1.90 bits per heavy atom. The maximum absolute atomic E-state index is 8.61. The first-order chi connectivity index (χ1) is 9.60. The molecule has 4 N–H and O–H groups in total. The highest BCUT2D eigenvalue weighted by Gasteiger charge is 2.06. The van der Waals surface area contributed by atoms with Crippen LogP contribution in [0.4, 0.5) is 0 Å². The van der Waals surface area contributed by atoms with Gasteiger partial charge >= 0.3 is 0 Å². The van der Waals surface area contributed by atoms with Gasteiger partial charge in [0.05, 0.1) is 0 Å². The Kier molecular flexibility index (Phi) is 7.04. The number of hydrogen-bond donors (Lipinski definition) is 3. The molecule has 20 heavy (non-hydrogen) atoms. The van der Waals surface area contributed by atoms with Crippen LogP contribution >= 0.6 is 0 Å². The summed E-state index contributed by atoms with van der Waals surface area (Å²) in [6.45, 7) is 10.6. The van der Waals surface area contributed by atoms with E-state index in [9.17, 15) is 0 Å². The fourth-order valence-corrected chi connectivity index (χ4v) is 2.08. The van der Waals surface area contributed by atoms with Crippen LogP contribution in [0.2, 0.25) is 0 Å². The molecule has 1 unspecified atom stereocenters. The van der Waals surface area contributed by atoms with Crippen molar-refractivity contribution in [2.45, 2.75) is 33.4 Å². The summed E-state index contributed by atoms with van der Waals surface area (Å²) in [7, 11) is 0. The molecule has 1 rings (SSSR count). The third-order valence-corrected chi connectivity index (χ3v) is 3.44. The molecule has 0 aliphatic carbocycles. The highest BCUT2D eigenvalue weighted by Crippen LogP contribution is 2.04. The van der Waals surface area contributed by atoms with E-state index in [1.807, 2.05) is 24.3 Å². The molecule has 5 heteroatoms. The molecule has 0 spiro atoms. The van der Waals surface area contributed by atoms with Crippen LogP contribution in [0.15, 0.2) is 29.4 Å². The van der Waals surface area contributed by atoms with Crippen molar-refractivity contribution in [3.63, 3.8) is 0 Å². The Bertz CT molecular complexity index is 412. The molecule has 0 saturated carbocycles. The number of nitrogens with two attached hydrogens (primary N) is 1. The molecule has 1 aromatic carbocycles. The van der Waals surface area contributed by atoms with Gasteiger partial charge in [0.25, 0.3) is 0 Å². The topological polar surface area (TPSA) is 73.9 Å². The zero-order valence-corrected chi connectivity index (χ0v) is 12.6. The molecule has 0 radical (unpaired) electrons. The largest absolute Gasteiger partial charge is 0.409 e. The van der Waals surface area contributed by atoms with Crippen molar-refractivity contribution < 1.29 is 5.21 Å². The molecule has 0 bridgehead atoms. The van der Waals surface area contributed by atoms with Gasteiger partial charge in [-0.25, -0.2) is 0 Å². The summed E-state index contributed by atoms with van der Waals surface area (Å²) in [5, 5.41) is 15.1. The third-order valence-electron chi connectivity index (χ3n) is 3.44. The maximum Gasteiger partial charge on any atom is 0.170 e. The average molecular weight is 278 g/mol. The van der Waals surface area contributed by atoms with Gasteiger partial charge in [-0.05, 0) is 25.6 Å². The SMILES string of the molecule is CCN(CC)CC(C)NCc1ccc(C(N)=NO)cc1. The minimum Gasteiger partial charge on any atom is -0.409 e. The maximum atomic E-state index is 8.61. The summed E-state index contributed by atoms with van der Waals surface area (Å²) in [4.78, 5) is 2.40. The summed E-state index contributed by atoms with van der Waals surface area (Å²) in [5.74, 6) is 0.138. The lowest BCUT2D eigenvalue weighted by Crippen LogP contribution is -2.38. The number of benzene rings is 1. The molecule has 0 aliphatic heterocycles. The number of hydrogen-bond acceptors (Lipinski definition) is 4. The normalized spacial score (nSPS) is 13.7. The molecule has 0 fully saturated rings. The van der Waals surface area contributed by atoms with Crippen molar-refractivity contribution >= 4 is 5.84 Å². The van der Waals surface area contributed by atoms with E-state index in [1.165, 1.54) is 5.56 Å². The number of oxime groups is 1. The molecule has 0 aliphatic rings. The van der Waals surface area contributed by atoms with Crippen molar-refractivity contribution in [1.29, 1.82) is 0 Å². The Labute approximate surface area is 121 Å². The summed E-state index contributed by atoms with van der Waals surface area (Å²) < 4.78 is 0. The first kappa shape index (κ1) is 16.5. The van der Waals surface area contributed by atoms with E-state index in [2.05, 4.69) is 36.1 Å². The molecule has 0 amide bonds. The molecule has 0 aromatic heterocycles. The average Bonchev–Trinajstić information content (AvgIpc) is 2.50. The molecule has 1 aromatic rings. The molecule has 112 valence electrons. The lowest BCUT2D eigenvalue weighted by Gasteiger charge is -2.23. The van der Waals surface area contributed by atoms with E-state index in [-0.39, 0.29) is 5.84 Å². The Hall–Kier alpha value is -1.59. The van der Waals surface area contributed by atoms with E-state index in [0.29, 0.717) is 6.04 Å². The zero-order valence-electron chi connectivity index (χ0n) is 12.6. The molecule has 5 nitrogen and oxygen atoms in total. The third kappa shape index (κ3) is 5.19. The lowest BCUT2D eigenvalue weighted by molar-refractivity contribution is 0.270. The number of rotatable bonds is 8. The van der Waals surface area contributed by atoms with Crippen molar-refractivity contribution in [3.8, 4) is 0 Å². The predicted molar refractivity (Wildman–Crippen MR) is 83.0 cm³/mol. The van der Waals surface area contributed by atoms with Gasteiger partial charge in [-0.3, -0.25) is 0 Å². The smallest absolute Gasteiger partial charge is 0.170 e. The Balaban J connectivity index is 2.45. The molecular formula is C15H26N4O. The van der Waals surface area contributed by atoms with E-state index >= 15 is 0 Å². The van der Waals surface area contributed by atoms with Crippen molar-refractivity contribution in [1.82, 2.24) is 10.2 Å². The Morgan fingerprint density at radius 1 is 1.30 bits per heavy atom. The van der Waals surface area contributed by atoms with Crippen molar-refractivity contribution in [3.05, 3.63) is 35.4 Å². The minimum absolute atomic E-state index is 0.138. The second-order valence-corrected chi connectivity index (χ2v) is 4.95. The van der Waals surface area contributed by atoms with Crippen LogP contribution in [-0.4, -0.2) is 41.6 Å². The van der Waals surface area contributed by atoms with Gasteiger partial charge in [0.15, 0.2) is 5.84 Å². The number of amidine groups is 1. The quantitative estimate of drug-likeness (QED) is 0.292. The van der Waals surface area contributed by atoms with E-state index in [1.54, 1.807) is 0 Å². The minimum atomic E-state index is 0.138. The first-order valence-corrected chi connectivity index (χ1v) is 7.13. The van der Waals surface area contributed by atoms with E-state index < -0.39 is 0 Å². The van der Waals surface area contributed by atoms with Gasteiger partial charge in [-0.1, -0.05) is 43.3 Å². The second-order valence-electron chi connectivity index (χ2n) is 4.95. The monoisotopic (exact) mass is 278 g/mol. The summed E-state index contributed by atoms with van der Waals surface area (Å²) in [6, 6.07) is 8.15. The van der Waals surface area contributed by atoms with Crippen LogP contribution in [0.25, 0.3) is 0 Å². The first-order valence-electron chi connectivity index (χ1n) is 7.13. The molecule has 1 atom stereocenters. The molecular weight excluding hydrogens is 252 g/mol. The van der Waals surface area contributed by atoms with E-state index in [4.69, 9.17) is 10.9 Å². The number of nitrogens with one attached hydrogen (secondary N) is 1. The predicted octanol–water partition coefficient (Wildman–Crippen LogP) is 1.60. The highest BCUT2D eigenvalue weighted by molar-refractivity contribution is 5.96. The lowest BCUT2D eigenvalue weighted by atomic mass is 10.1. The standard InChI is InChI=1S/C15H26N4O/c1-4-19(5-2)11-12(3)17-10-13-6-8-14(9-7-13)15(16)18-20/h6-9,12,17,20H,4-5,10-11H2,1-3H3,(H2,16,18). The van der Waals surface area contributed by atoms with Crippen molar-refractivity contribution in [2.24, 2.45) is 10.9 Å². The van der Waals surface area contributed by atoms with E-state index in [0.717, 1.165) is 31.7 Å². The molecule has 0 heterocycles. The number of nitrogens with zero attached hydrogens (tertiary/aromatic N) is 2. The fraction of sp³-hybridized carbons (Fsp3) is 0.533. The number of likely N-dealkylation sites (N-methyl/N-ethyl adjacent to an activating group) is 1. The van der Waals surface area contributed by atoms with Crippen LogP contribution in [0, 0.1) is 0 Å². The second kappa shape index (κ2) is 8.55. The van der Waals surface area contributed by atoms with Gasteiger partial charge in [-0.15, -0.1) is 0 Å². The van der Waals surface area contributed by atoms with Crippen LogP contribution in [0.1, 0.15) is 31.9 Å². The van der Waals surface area contributed by atoms with Crippen LogP contribution < -0.4 is 11.1 Å². The highest BCUT2D eigenvalue weighted by atomic mass is 16.4. The van der Waals surface area contributed by atoms with Gasteiger partial charge in [0, 0.05) is 24.7 Å². The summed E-state index contributed by atoms with van der Waals surface area (Å²) >= 11 is 0. The molecule has 0 saturated heterocycles. The fourth-order valence-electron chi connectivity index (χ4n) is 2.08. The summed E-state index contributed by atoms with van der Waals surface area (Å²) in [6.07, 6.45) is 0. The Morgan fingerprint density at radius 3 is 2.40 bits per heavy atom. The van der Waals surface area contributed by atoms with Gasteiger partial charge < -0.3 is 21.2 Å². The van der Waals surface area contributed by atoms with Gasteiger partial charge in [0.2, 0.25) is 0 Å². The van der Waals surface area contributed by atoms with Gasteiger partial charge in [0.1, 0.15) is 0 Å².